The van der Waals surface area contributed by atoms with Gasteiger partial charge in [-0.1, -0.05) is 29.8 Å². The summed E-state index contributed by atoms with van der Waals surface area (Å²) < 4.78 is 0. The number of nitrogens with zero attached hydrogens (tertiary/aromatic N) is 1. The lowest BCUT2D eigenvalue weighted by atomic mass is 10.1. The number of aryl methyl sites for hydroxylation is 2. The third kappa shape index (κ3) is 2.08. The molecule has 4 heteroatoms. The molecule has 0 spiro atoms. The van der Waals surface area contributed by atoms with E-state index in [-0.39, 0.29) is 5.43 Å². The number of nitrogens with two attached hydrogens (primary N) is 1. The molecule has 0 aliphatic heterocycles. The fourth-order valence-electron chi connectivity index (χ4n) is 2.10. The summed E-state index contributed by atoms with van der Waals surface area (Å²) in [5.74, 6) is 0. The molecule has 3 aromatic rings. The first kappa shape index (κ1) is 12.8. The summed E-state index contributed by atoms with van der Waals surface area (Å²) in [4.78, 5) is 18.3. The molecule has 0 unspecified atom stereocenters. The van der Waals surface area contributed by atoms with Gasteiger partial charge in [0, 0.05) is 5.69 Å². The summed E-state index contributed by atoms with van der Waals surface area (Å²) >= 11 is 1.46. The van der Waals surface area contributed by atoms with Crippen LogP contribution in [0.25, 0.3) is 20.7 Å². The van der Waals surface area contributed by atoms with Crippen molar-refractivity contribution in [2.75, 3.05) is 5.73 Å². The molecular formula is C16H14N2OS. The van der Waals surface area contributed by atoms with Gasteiger partial charge in [0.1, 0.15) is 4.83 Å². The zero-order valence-electron chi connectivity index (χ0n) is 11.3. The van der Waals surface area contributed by atoms with Crippen molar-refractivity contribution in [2.24, 2.45) is 0 Å². The van der Waals surface area contributed by atoms with E-state index in [0.717, 1.165) is 21.0 Å². The Morgan fingerprint density at radius 3 is 2.45 bits per heavy atom. The van der Waals surface area contributed by atoms with Crippen LogP contribution in [0.5, 0.6) is 0 Å². The number of fused-ring (bicyclic) bond motifs is 1. The van der Waals surface area contributed by atoms with Crippen LogP contribution < -0.4 is 11.2 Å². The summed E-state index contributed by atoms with van der Waals surface area (Å²) in [5.41, 5.74) is 9.22. The van der Waals surface area contributed by atoms with Gasteiger partial charge in [0.2, 0.25) is 5.43 Å². The first-order chi connectivity index (χ1) is 9.56. The molecule has 0 saturated carbocycles. The first-order valence-electron chi connectivity index (χ1n) is 6.33. The quantitative estimate of drug-likeness (QED) is 0.743. The molecule has 2 N–H and O–H groups in total. The van der Waals surface area contributed by atoms with E-state index in [0.29, 0.717) is 11.1 Å². The maximum Gasteiger partial charge on any atom is 0.213 e. The van der Waals surface area contributed by atoms with E-state index >= 15 is 0 Å². The van der Waals surface area contributed by atoms with Crippen molar-refractivity contribution in [1.29, 1.82) is 0 Å². The Hall–Kier alpha value is -2.20. The van der Waals surface area contributed by atoms with Crippen molar-refractivity contribution in [3.8, 4) is 10.4 Å². The van der Waals surface area contributed by atoms with Crippen LogP contribution in [0.2, 0.25) is 0 Å². The maximum absolute atomic E-state index is 12.3. The van der Waals surface area contributed by atoms with Gasteiger partial charge in [0.05, 0.1) is 16.0 Å². The molecule has 0 atom stereocenters. The number of pyridine rings is 1. The second-order valence-corrected chi connectivity index (χ2v) is 5.84. The molecule has 0 amide bonds. The minimum atomic E-state index is -0.137. The van der Waals surface area contributed by atoms with Crippen molar-refractivity contribution < 1.29 is 0 Å². The third-order valence-corrected chi connectivity index (χ3v) is 4.41. The largest absolute Gasteiger partial charge is 0.394 e. The van der Waals surface area contributed by atoms with E-state index in [1.807, 2.05) is 44.2 Å². The Labute approximate surface area is 120 Å². The average molecular weight is 282 g/mol. The van der Waals surface area contributed by atoms with Gasteiger partial charge in [-0.15, -0.1) is 11.3 Å². The monoisotopic (exact) mass is 282 g/mol. The van der Waals surface area contributed by atoms with Gasteiger partial charge in [0.15, 0.2) is 0 Å². The molecule has 0 aliphatic rings. The van der Waals surface area contributed by atoms with Crippen molar-refractivity contribution in [3.63, 3.8) is 0 Å². The van der Waals surface area contributed by atoms with Gasteiger partial charge in [0.25, 0.3) is 0 Å². The molecule has 1 aromatic carbocycles. The summed E-state index contributed by atoms with van der Waals surface area (Å²) in [5, 5.41) is 0.592. The molecule has 2 heterocycles. The lowest BCUT2D eigenvalue weighted by Crippen LogP contribution is -2.09. The second kappa shape index (κ2) is 4.72. The van der Waals surface area contributed by atoms with Gasteiger partial charge in [-0.25, -0.2) is 4.98 Å². The SMILES string of the molecule is Cc1ccc(-c2sc3nc(C)ccc3c(=O)c2N)cc1. The van der Waals surface area contributed by atoms with Crippen LogP contribution in [0.15, 0.2) is 41.2 Å². The van der Waals surface area contributed by atoms with Crippen LogP contribution in [-0.2, 0) is 0 Å². The molecule has 0 saturated heterocycles. The first-order valence-corrected chi connectivity index (χ1v) is 7.15. The highest BCUT2D eigenvalue weighted by Gasteiger charge is 2.12. The molecule has 20 heavy (non-hydrogen) atoms. The van der Waals surface area contributed by atoms with Crippen LogP contribution in [0.1, 0.15) is 11.3 Å². The Morgan fingerprint density at radius 1 is 1.05 bits per heavy atom. The lowest BCUT2D eigenvalue weighted by molar-refractivity contribution is 1.27. The number of benzene rings is 1. The Balaban J connectivity index is 2.33. The topological polar surface area (TPSA) is 56.0 Å². The smallest absolute Gasteiger partial charge is 0.213 e. The lowest BCUT2D eigenvalue weighted by Gasteiger charge is -2.07. The fourth-order valence-corrected chi connectivity index (χ4v) is 3.21. The summed E-state index contributed by atoms with van der Waals surface area (Å²) in [6, 6.07) is 11.6. The molecule has 3 rings (SSSR count). The van der Waals surface area contributed by atoms with Gasteiger partial charge >= 0.3 is 0 Å². The Kier molecular flexibility index (Phi) is 3.03. The minimum Gasteiger partial charge on any atom is -0.394 e. The van der Waals surface area contributed by atoms with Crippen LogP contribution in [0.3, 0.4) is 0 Å². The molecule has 3 nitrogen and oxygen atoms in total. The number of aromatic nitrogens is 1. The van der Waals surface area contributed by atoms with Gasteiger partial charge < -0.3 is 5.73 Å². The van der Waals surface area contributed by atoms with Crippen LogP contribution >= 0.6 is 11.3 Å². The standard InChI is InChI=1S/C16H14N2OS/c1-9-3-6-11(7-4-9)15-13(17)14(19)12-8-5-10(2)18-16(12)20-15/h3-8H,17H2,1-2H3. The Morgan fingerprint density at radius 2 is 1.75 bits per heavy atom. The molecule has 2 aromatic heterocycles. The number of nitrogen functional groups attached to an aromatic ring is 1. The number of rotatable bonds is 1. The van der Waals surface area contributed by atoms with Gasteiger partial charge in [-0.3, -0.25) is 4.79 Å². The van der Waals surface area contributed by atoms with Crippen LogP contribution in [0.4, 0.5) is 5.69 Å². The fraction of sp³-hybridized carbons (Fsp3) is 0.125. The predicted octanol–water partition coefficient (Wildman–Crippen LogP) is 3.52. The summed E-state index contributed by atoms with van der Waals surface area (Å²) in [6.07, 6.45) is 0. The van der Waals surface area contributed by atoms with E-state index in [9.17, 15) is 4.79 Å². The zero-order chi connectivity index (χ0) is 14.3. The van der Waals surface area contributed by atoms with Crippen molar-refractivity contribution in [3.05, 3.63) is 57.9 Å². The highest BCUT2D eigenvalue weighted by molar-refractivity contribution is 7.21. The predicted molar refractivity (Wildman–Crippen MR) is 85.2 cm³/mol. The number of anilines is 1. The van der Waals surface area contributed by atoms with Crippen LogP contribution in [0, 0.1) is 13.8 Å². The Bertz CT molecular complexity index is 851. The van der Waals surface area contributed by atoms with Crippen molar-refractivity contribution in [1.82, 2.24) is 4.98 Å². The molecular weight excluding hydrogens is 268 g/mol. The van der Waals surface area contributed by atoms with E-state index in [1.54, 1.807) is 6.07 Å². The van der Waals surface area contributed by atoms with E-state index in [4.69, 9.17) is 5.73 Å². The van der Waals surface area contributed by atoms with Gasteiger partial charge in [-0.2, -0.15) is 0 Å². The van der Waals surface area contributed by atoms with Crippen LogP contribution in [-0.4, -0.2) is 4.98 Å². The second-order valence-electron chi connectivity index (χ2n) is 4.85. The van der Waals surface area contributed by atoms with E-state index < -0.39 is 0 Å². The van der Waals surface area contributed by atoms with Crippen molar-refractivity contribution in [2.45, 2.75) is 13.8 Å². The van der Waals surface area contributed by atoms with E-state index in [1.165, 1.54) is 16.9 Å². The minimum absolute atomic E-state index is 0.137. The molecule has 0 radical (unpaired) electrons. The molecule has 0 bridgehead atoms. The number of hydrogen-bond donors (Lipinski definition) is 1. The molecule has 100 valence electrons. The van der Waals surface area contributed by atoms with Gasteiger partial charge in [-0.05, 0) is 31.5 Å². The normalized spacial score (nSPS) is 10.9. The summed E-state index contributed by atoms with van der Waals surface area (Å²) in [7, 11) is 0. The zero-order valence-corrected chi connectivity index (χ0v) is 12.1. The highest BCUT2D eigenvalue weighted by atomic mass is 32.1. The molecule has 0 fully saturated rings. The summed E-state index contributed by atoms with van der Waals surface area (Å²) in [6.45, 7) is 3.94. The molecule has 0 aliphatic carbocycles. The third-order valence-electron chi connectivity index (χ3n) is 3.25. The number of hydrogen-bond acceptors (Lipinski definition) is 4. The average Bonchev–Trinajstić information content (AvgIpc) is 2.44. The van der Waals surface area contributed by atoms with Crippen molar-refractivity contribution >= 4 is 27.2 Å². The maximum atomic E-state index is 12.3. The highest BCUT2D eigenvalue weighted by Crippen LogP contribution is 2.32. The van der Waals surface area contributed by atoms with E-state index in [2.05, 4.69) is 4.98 Å².